The first kappa shape index (κ1) is 14.7. The summed E-state index contributed by atoms with van der Waals surface area (Å²) < 4.78 is 22.5. The lowest BCUT2D eigenvalue weighted by atomic mass is 10.1. The van der Waals surface area contributed by atoms with Crippen molar-refractivity contribution in [2.24, 2.45) is 0 Å². The van der Waals surface area contributed by atoms with Gasteiger partial charge in [-0.3, -0.25) is 4.79 Å². The van der Waals surface area contributed by atoms with Crippen molar-refractivity contribution in [3.8, 4) is 5.75 Å². The highest BCUT2D eigenvalue weighted by Crippen LogP contribution is 2.20. The van der Waals surface area contributed by atoms with E-state index in [1.807, 2.05) is 0 Å². The number of hydrogen-bond acceptors (Lipinski definition) is 5. The topological polar surface area (TPSA) is 72.8 Å². The molecule has 0 aliphatic rings. The minimum absolute atomic E-state index is 0.0227. The van der Waals surface area contributed by atoms with E-state index in [0.29, 0.717) is 6.08 Å². The third-order valence-corrected chi connectivity index (χ3v) is 2.15. The van der Waals surface area contributed by atoms with E-state index in [1.54, 1.807) is 6.92 Å². The molecule has 19 heavy (non-hydrogen) atoms. The van der Waals surface area contributed by atoms with Crippen molar-refractivity contribution >= 4 is 17.5 Å². The van der Waals surface area contributed by atoms with Crippen molar-refractivity contribution in [3.63, 3.8) is 0 Å². The molecule has 102 valence electrons. The molecule has 5 nitrogen and oxygen atoms in total. The molecule has 0 aliphatic carbocycles. The van der Waals surface area contributed by atoms with Crippen molar-refractivity contribution in [2.75, 3.05) is 13.7 Å². The number of esters is 1. The smallest absolute Gasteiger partial charge is 0.379 e. The Balaban J connectivity index is 2.99. The lowest BCUT2D eigenvalue weighted by Gasteiger charge is -2.04. The number of benzene rings is 1. The standard InChI is InChI=1S/C13H13FO5/c1-3-19-13(17)12(16)7-11(15)8-4-9(14)6-10(5-8)18-2/h4-7,15H,3H2,1-2H3/b11-7+. The van der Waals surface area contributed by atoms with Gasteiger partial charge in [0.1, 0.15) is 17.3 Å². The van der Waals surface area contributed by atoms with Crippen LogP contribution in [0.3, 0.4) is 0 Å². The second-order valence-electron chi connectivity index (χ2n) is 3.49. The molecule has 6 heteroatoms. The molecule has 0 atom stereocenters. The SMILES string of the molecule is CCOC(=O)C(=O)/C=C(/O)c1cc(F)cc(OC)c1. The predicted octanol–water partition coefficient (Wildman–Crippen LogP) is 1.87. The van der Waals surface area contributed by atoms with Gasteiger partial charge in [0.2, 0.25) is 0 Å². The van der Waals surface area contributed by atoms with Gasteiger partial charge in [-0.05, 0) is 19.1 Å². The van der Waals surface area contributed by atoms with E-state index in [0.717, 1.165) is 12.1 Å². The number of halogens is 1. The van der Waals surface area contributed by atoms with Crippen LogP contribution in [-0.2, 0) is 14.3 Å². The number of carbonyl (C=O) groups is 2. The average Bonchev–Trinajstić information content (AvgIpc) is 2.38. The van der Waals surface area contributed by atoms with E-state index in [2.05, 4.69) is 4.74 Å². The fraction of sp³-hybridized carbons (Fsp3) is 0.231. The van der Waals surface area contributed by atoms with Crippen LogP contribution in [0.25, 0.3) is 5.76 Å². The molecule has 0 amide bonds. The van der Waals surface area contributed by atoms with E-state index in [-0.39, 0.29) is 17.9 Å². The maximum atomic E-state index is 13.2. The van der Waals surface area contributed by atoms with Gasteiger partial charge in [0.25, 0.3) is 5.78 Å². The van der Waals surface area contributed by atoms with Crippen LogP contribution in [0, 0.1) is 5.82 Å². The third-order valence-electron chi connectivity index (χ3n) is 2.15. The second kappa shape index (κ2) is 6.53. The fourth-order valence-corrected chi connectivity index (χ4v) is 1.30. The molecule has 1 N–H and O–H groups in total. The molecule has 0 saturated carbocycles. The van der Waals surface area contributed by atoms with Gasteiger partial charge in [0.15, 0.2) is 0 Å². The number of carbonyl (C=O) groups excluding carboxylic acids is 2. The van der Waals surface area contributed by atoms with Gasteiger partial charge in [0.05, 0.1) is 13.7 Å². The first-order valence-corrected chi connectivity index (χ1v) is 5.44. The zero-order valence-corrected chi connectivity index (χ0v) is 10.5. The molecule has 0 radical (unpaired) electrons. The van der Waals surface area contributed by atoms with Gasteiger partial charge < -0.3 is 14.6 Å². The number of aliphatic hydroxyl groups excluding tert-OH is 1. The number of hydrogen-bond donors (Lipinski definition) is 1. The number of rotatable bonds is 5. The Kier molecular flexibility index (Phi) is 5.05. The minimum Gasteiger partial charge on any atom is -0.507 e. The Morgan fingerprint density at radius 3 is 2.63 bits per heavy atom. The molecule has 1 rings (SSSR count). The van der Waals surface area contributed by atoms with Crippen LogP contribution in [0.15, 0.2) is 24.3 Å². The molecule has 0 heterocycles. The summed E-state index contributed by atoms with van der Waals surface area (Å²) in [7, 11) is 1.34. The van der Waals surface area contributed by atoms with Gasteiger partial charge in [-0.15, -0.1) is 0 Å². The molecular formula is C13H13FO5. The molecule has 0 aliphatic heterocycles. The van der Waals surface area contributed by atoms with Crippen LogP contribution in [-0.4, -0.2) is 30.6 Å². The van der Waals surface area contributed by atoms with Gasteiger partial charge in [-0.25, -0.2) is 9.18 Å². The van der Waals surface area contributed by atoms with Gasteiger partial charge in [-0.2, -0.15) is 0 Å². The average molecular weight is 268 g/mol. The maximum Gasteiger partial charge on any atom is 0.379 e. The van der Waals surface area contributed by atoms with Crippen LogP contribution in [0.4, 0.5) is 4.39 Å². The van der Waals surface area contributed by atoms with Crippen LogP contribution >= 0.6 is 0 Å². The van der Waals surface area contributed by atoms with Crippen molar-refractivity contribution in [1.29, 1.82) is 0 Å². The summed E-state index contributed by atoms with van der Waals surface area (Å²) in [4.78, 5) is 22.4. The van der Waals surface area contributed by atoms with Crippen molar-refractivity contribution in [3.05, 3.63) is 35.7 Å². The van der Waals surface area contributed by atoms with Gasteiger partial charge >= 0.3 is 5.97 Å². The van der Waals surface area contributed by atoms with Crippen molar-refractivity contribution in [1.82, 2.24) is 0 Å². The summed E-state index contributed by atoms with van der Waals surface area (Å²) in [6.45, 7) is 1.60. The highest BCUT2D eigenvalue weighted by atomic mass is 19.1. The van der Waals surface area contributed by atoms with Crippen LogP contribution in [0.5, 0.6) is 5.75 Å². The molecule has 0 unspecified atom stereocenters. The van der Waals surface area contributed by atoms with E-state index >= 15 is 0 Å². The highest BCUT2D eigenvalue weighted by molar-refractivity contribution is 6.39. The van der Waals surface area contributed by atoms with Gasteiger partial charge in [-0.1, -0.05) is 0 Å². The molecule has 0 fully saturated rings. The Morgan fingerprint density at radius 2 is 2.05 bits per heavy atom. The summed E-state index contributed by atoms with van der Waals surface area (Å²) in [6, 6.07) is 3.45. The van der Waals surface area contributed by atoms with Crippen LogP contribution < -0.4 is 4.74 Å². The maximum absolute atomic E-state index is 13.2. The zero-order chi connectivity index (χ0) is 14.4. The van der Waals surface area contributed by atoms with E-state index in [9.17, 15) is 19.1 Å². The summed E-state index contributed by atoms with van der Waals surface area (Å²) in [5.41, 5.74) is 0.0227. The van der Waals surface area contributed by atoms with E-state index in [1.165, 1.54) is 13.2 Å². The van der Waals surface area contributed by atoms with Gasteiger partial charge in [0, 0.05) is 17.7 Å². The molecule has 0 bridgehead atoms. The molecule has 1 aromatic rings. The lowest BCUT2D eigenvalue weighted by molar-refractivity contribution is -0.151. The minimum atomic E-state index is -1.09. The Morgan fingerprint density at radius 1 is 1.37 bits per heavy atom. The molecule has 0 spiro atoms. The van der Waals surface area contributed by atoms with Crippen LogP contribution in [0.2, 0.25) is 0 Å². The Hall–Kier alpha value is -2.37. The number of methoxy groups -OCH3 is 1. The Bertz CT molecular complexity index is 522. The number of ether oxygens (including phenoxy) is 2. The normalized spacial score (nSPS) is 11.0. The molecule has 0 aromatic heterocycles. The zero-order valence-electron chi connectivity index (χ0n) is 10.5. The van der Waals surface area contributed by atoms with E-state index < -0.39 is 23.3 Å². The fourth-order valence-electron chi connectivity index (χ4n) is 1.30. The molecular weight excluding hydrogens is 255 g/mol. The first-order valence-electron chi connectivity index (χ1n) is 5.44. The summed E-state index contributed by atoms with van der Waals surface area (Å²) in [5, 5.41) is 9.66. The predicted molar refractivity (Wildman–Crippen MR) is 65.2 cm³/mol. The highest BCUT2D eigenvalue weighted by Gasteiger charge is 2.14. The molecule has 1 aromatic carbocycles. The quantitative estimate of drug-likeness (QED) is 0.382. The van der Waals surface area contributed by atoms with Crippen molar-refractivity contribution < 1.29 is 28.6 Å². The second-order valence-corrected chi connectivity index (χ2v) is 3.49. The summed E-state index contributed by atoms with van der Waals surface area (Å²) >= 11 is 0. The largest absolute Gasteiger partial charge is 0.507 e. The number of ketones is 1. The van der Waals surface area contributed by atoms with Crippen molar-refractivity contribution in [2.45, 2.75) is 6.92 Å². The van der Waals surface area contributed by atoms with Crippen LogP contribution in [0.1, 0.15) is 12.5 Å². The first-order chi connectivity index (χ1) is 8.97. The summed E-state index contributed by atoms with van der Waals surface area (Å²) in [5.74, 6) is -3.12. The monoisotopic (exact) mass is 268 g/mol. The summed E-state index contributed by atoms with van der Waals surface area (Å²) in [6.07, 6.45) is 0.673. The number of aliphatic hydroxyl groups is 1. The molecule has 0 saturated heterocycles. The lowest BCUT2D eigenvalue weighted by Crippen LogP contribution is -2.15. The third kappa shape index (κ3) is 4.09. The van der Waals surface area contributed by atoms with E-state index in [4.69, 9.17) is 4.74 Å². The Labute approximate surface area is 109 Å².